The van der Waals surface area contributed by atoms with Gasteiger partial charge >= 0.3 is 5.97 Å². The highest BCUT2D eigenvalue weighted by Gasteiger charge is 2.25. The standard InChI is InChI=1S/C28H43FN6O3/c1-5-8-23(31-20-35(30-4)18-17-34-15-7-16-34)11-14-25(29)27-21(3)32-28(33-27)38-24-12-9-22(10-13-24)19-26(36)37-6-2/h5,8,20,22,24,30H,1,3,6-7,9-19H2,2,4H3,(H,32,33)/b23-8?,27-25-,31-20?. The second-order valence-corrected chi connectivity index (χ2v) is 9.79. The smallest absolute Gasteiger partial charge is 0.306 e. The lowest BCUT2D eigenvalue weighted by Crippen LogP contribution is -2.45. The number of aliphatic imine (C=N–C) groups is 1. The third-order valence-electron chi connectivity index (χ3n) is 7.01. The number of aromatic nitrogens is 2. The minimum Gasteiger partial charge on any atom is -0.466 e. The molecule has 0 radical (unpaired) electrons. The highest BCUT2D eigenvalue weighted by molar-refractivity contribution is 5.69. The van der Waals surface area contributed by atoms with E-state index >= 15 is 4.39 Å². The fourth-order valence-corrected chi connectivity index (χ4v) is 4.64. The number of carbonyl (C=O) groups excluding carboxylic acids is 1. The van der Waals surface area contributed by atoms with Crippen molar-refractivity contribution >= 4 is 24.7 Å². The fraction of sp³-hybridized carbons (Fsp3) is 0.607. The van der Waals surface area contributed by atoms with Crippen molar-refractivity contribution in [3.63, 3.8) is 0 Å². The van der Waals surface area contributed by atoms with E-state index in [0.29, 0.717) is 30.7 Å². The van der Waals surface area contributed by atoms with E-state index in [-0.39, 0.29) is 35.7 Å². The highest BCUT2D eigenvalue weighted by atomic mass is 19.1. The molecule has 2 heterocycles. The van der Waals surface area contributed by atoms with Crippen LogP contribution in [0.3, 0.4) is 0 Å². The van der Waals surface area contributed by atoms with Crippen LogP contribution in [0.1, 0.15) is 58.3 Å². The van der Waals surface area contributed by atoms with Crippen LogP contribution in [0.15, 0.2) is 29.4 Å². The first-order valence-electron chi connectivity index (χ1n) is 13.7. The molecule has 3 rings (SSSR count). The number of allylic oxidation sites excluding steroid dienone is 3. The molecule has 1 saturated carbocycles. The zero-order chi connectivity index (χ0) is 27.3. The van der Waals surface area contributed by atoms with Crippen molar-refractivity contribution in [1.82, 2.24) is 25.3 Å². The number of H-pyrrole nitrogens is 1. The monoisotopic (exact) mass is 530 g/mol. The van der Waals surface area contributed by atoms with Crippen molar-refractivity contribution in [3.8, 4) is 6.01 Å². The van der Waals surface area contributed by atoms with Gasteiger partial charge in [-0.2, -0.15) is 4.98 Å². The second kappa shape index (κ2) is 15.4. The first kappa shape index (κ1) is 29.6. The number of likely N-dealkylation sites (tertiary alicyclic amines) is 1. The number of rotatable bonds is 15. The number of hydrazine groups is 1. The molecule has 2 aliphatic rings. The van der Waals surface area contributed by atoms with Gasteiger partial charge in [0.25, 0.3) is 6.01 Å². The predicted octanol–water partition coefficient (Wildman–Crippen LogP) is 2.81. The molecule has 2 fully saturated rings. The lowest BCUT2D eigenvalue weighted by Gasteiger charge is -2.32. The number of ether oxygens (including phenoxy) is 2. The van der Waals surface area contributed by atoms with Gasteiger partial charge in [-0.3, -0.25) is 9.80 Å². The molecule has 0 atom stereocenters. The molecule has 0 bridgehead atoms. The molecule has 9 nitrogen and oxygen atoms in total. The maximum atomic E-state index is 15.1. The fourth-order valence-electron chi connectivity index (χ4n) is 4.64. The average molecular weight is 531 g/mol. The molecule has 38 heavy (non-hydrogen) atoms. The summed E-state index contributed by atoms with van der Waals surface area (Å²) in [4.78, 5) is 26.0. The molecular weight excluding hydrogens is 487 g/mol. The van der Waals surface area contributed by atoms with E-state index in [1.54, 1.807) is 18.5 Å². The maximum absolute atomic E-state index is 15.1. The zero-order valence-corrected chi connectivity index (χ0v) is 22.9. The van der Waals surface area contributed by atoms with Crippen LogP contribution in [0, 0.1) is 5.92 Å². The van der Waals surface area contributed by atoms with E-state index in [1.165, 1.54) is 6.42 Å². The molecule has 1 saturated heterocycles. The summed E-state index contributed by atoms with van der Waals surface area (Å²) in [7, 11) is 1.86. The Bertz CT molecular complexity index is 1070. The molecule has 1 aromatic rings. The van der Waals surface area contributed by atoms with E-state index < -0.39 is 0 Å². The van der Waals surface area contributed by atoms with Gasteiger partial charge in [-0.25, -0.2) is 14.8 Å². The molecule has 0 unspecified atom stereocenters. The summed E-state index contributed by atoms with van der Waals surface area (Å²) in [5, 5.41) is 2.49. The Morgan fingerprint density at radius 1 is 1.32 bits per heavy atom. The Morgan fingerprint density at radius 2 is 2.08 bits per heavy atom. The van der Waals surface area contributed by atoms with E-state index in [4.69, 9.17) is 9.47 Å². The first-order chi connectivity index (χ1) is 18.4. The summed E-state index contributed by atoms with van der Waals surface area (Å²) in [5.74, 6) is -0.192. The van der Waals surface area contributed by atoms with Gasteiger partial charge in [0.2, 0.25) is 0 Å². The van der Waals surface area contributed by atoms with Crippen LogP contribution < -0.4 is 20.9 Å². The topological polar surface area (TPSA) is 95.1 Å². The van der Waals surface area contributed by atoms with Crippen molar-refractivity contribution in [3.05, 3.63) is 35.1 Å². The Morgan fingerprint density at radius 3 is 2.71 bits per heavy atom. The third-order valence-corrected chi connectivity index (χ3v) is 7.01. The van der Waals surface area contributed by atoms with Crippen LogP contribution >= 0.6 is 0 Å². The van der Waals surface area contributed by atoms with Crippen molar-refractivity contribution in [2.24, 2.45) is 10.9 Å². The normalized spacial score (nSPS) is 21.2. The van der Waals surface area contributed by atoms with Crippen molar-refractivity contribution in [2.45, 2.75) is 64.4 Å². The van der Waals surface area contributed by atoms with Gasteiger partial charge in [-0.05, 0) is 70.5 Å². The number of imidazole rings is 1. The molecule has 2 N–H and O–H groups in total. The van der Waals surface area contributed by atoms with Gasteiger partial charge in [0.1, 0.15) is 23.6 Å². The zero-order valence-electron chi connectivity index (χ0n) is 22.9. The van der Waals surface area contributed by atoms with Gasteiger partial charge in [0.05, 0.1) is 12.0 Å². The SMILES string of the molecule is C=CC=C(CC/C(F)=c1/nc(OC2CCC(CC(=O)OCC)CC2)[nH]c1=C)N=CN(CCN1CCC1)NC. The van der Waals surface area contributed by atoms with Gasteiger partial charge in [0, 0.05) is 38.7 Å². The van der Waals surface area contributed by atoms with E-state index in [0.717, 1.165) is 57.6 Å². The van der Waals surface area contributed by atoms with Crippen LogP contribution in [0.25, 0.3) is 12.4 Å². The van der Waals surface area contributed by atoms with Crippen molar-refractivity contribution < 1.29 is 18.7 Å². The van der Waals surface area contributed by atoms with E-state index in [1.807, 2.05) is 19.0 Å². The molecule has 0 aromatic carbocycles. The number of aromatic amines is 1. The Kier molecular flexibility index (Phi) is 12.0. The summed E-state index contributed by atoms with van der Waals surface area (Å²) < 4.78 is 26.2. The van der Waals surface area contributed by atoms with Gasteiger partial charge in [-0.15, -0.1) is 0 Å². The molecule has 10 heteroatoms. The number of carbonyl (C=O) groups is 1. The van der Waals surface area contributed by atoms with Crippen LogP contribution in [0.2, 0.25) is 0 Å². The minimum atomic E-state index is -0.368. The predicted molar refractivity (Wildman–Crippen MR) is 148 cm³/mol. The summed E-state index contributed by atoms with van der Waals surface area (Å²) in [6, 6.07) is 0.278. The molecule has 210 valence electrons. The summed E-state index contributed by atoms with van der Waals surface area (Å²) in [6.07, 6.45) is 10.8. The minimum absolute atomic E-state index is 0.0254. The van der Waals surface area contributed by atoms with Crippen LogP contribution in [0.5, 0.6) is 6.01 Å². The van der Waals surface area contributed by atoms with Crippen LogP contribution in [0.4, 0.5) is 4.39 Å². The largest absolute Gasteiger partial charge is 0.466 e. The highest BCUT2D eigenvalue weighted by Crippen LogP contribution is 2.29. The third kappa shape index (κ3) is 9.40. The molecule has 0 amide bonds. The number of nitrogens with one attached hydrogen (secondary N) is 2. The van der Waals surface area contributed by atoms with Gasteiger partial charge in [0.15, 0.2) is 0 Å². The molecular formula is C28H43FN6O3. The van der Waals surface area contributed by atoms with Gasteiger partial charge < -0.3 is 19.4 Å². The lowest BCUT2D eigenvalue weighted by atomic mass is 9.85. The Balaban J connectivity index is 1.52. The quantitative estimate of drug-likeness (QED) is 0.118. The number of nitrogens with zero attached hydrogens (tertiary/aromatic N) is 4. The summed E-state index contributed by atoms with van der Waals surface area (Å²) >= 11 is 0. The number of hydrogen-bond donors (Lipinski definition) is 2. The lowest BCUT2D eigenvalue weighted by molar-refractivity contribution is -0.144. The van der Waals surface area contributed by atoms with Crippen LogP contribution in [-0.2, 0) is 9.53 Å². The first-order valence-corrected chi connectivity index (χ1v) is 13.7. The number of hydrogen-bond acceptors (Lipinski definition) is 7. The average Bonchev–Trinajstić information content (AvgIpc) is 3.24. The summed E-state index contributed by atoms with van der Waals surface area (Å²) in [5.41, 5.74) is 3.84. The van der Waals surface area contributed by atoms with Crippen molar-refractivity contribution in [2.75, 3.05) is 39.8 Å². The summed E-state index contributed by atoms with van der Waals surface area (Å²) in [6.45, 7) is 14.0. The van der Waals surface area contributed by atoms with E-state index in [2.05, 4.69) is 38.4 Å². The number of esters is 1. The van der Waals surface area contributed by atoms with Crippen molar-refractivity contribution in [1.29, 1.82) is 0 Å². The Hall–Kier alpha value is -2.98. The van der Waals surface area contributed by atoms with E-state index in [9.17, 15) is 4.79 Å². The Labute approximate surface area is 225 Å². The molecule has 1 aliphatic carbocycles. The van der Waals surface area contributed by atoms with Gasteiger partial charge in [-0.1, -0.05) is 19.2 Å². The van der Waals surface area contributed by atoms with Crippen LogP contribution in [-0.4, -0.2) is 78.1 Å². The molecule has 0 spiro atoms. The molecule has 1 aromatic heterocycles. The molecule has 1 aliphatic heterocycles. The second-order valence-electron chi connectivity index (χ2n) is 9.79. The maximum Gasteiger partial charge on any atom is 0.306 e. The number of halogens is 1.